The van der Waals surface area contributed by atoms with Crippen molar-refractivity contribution in [3.63, 3.8) is 0 Å². The van der Waals surface area contributed by atoms with E-state index in [4.69, 9.17) is 0 Å². The fourth-order valence-electron chi connectivity index (χ4n) is 2.30. The Kier molecular flexibility index (Phi) is 5.22. The van der Waals surface area contributed by atoms with Crippen LogP contribution in [0.5, 0.6) is 0 Å². The zero-order valence-corrected chi connectivity index (χ0v) is 15.3. The van der Waals surface area contributed by atoms with Crippen LogP contribution in [-0.4, -0.2) is 30.0 Å². The van der Waals surface area contributed by atoms with E-state index >= 15 is 0 Å². The normalized spacial score (nSPS) is 11.2. The molecular formula is C19H26N4O. The molecule has 2 rings (SSSR count). The van der Waals surface area contributed by atoms with Crippen molar-refractivity contribution in [3.8, 4) is 0 Å². The Balaban J connectivity index is 2.05. The summed E-state index contributed by atoms with van der Waals surface area (Å²) in [5.41, 5.74) is 2.81. The summed E-state index contributed by atoms with van der Waals surface area (Å²) in [5.74, 6) is 1.33. The zero-order chi connectivity index (χ0) is 17.9. The summed E-state index contributed by atoms with van der Waals surface area (Å²) in [5, 5.41) is 2.88. The molecule has 0 aliphatic heterocycles. The second kappa shape index (κ2) is 6.99. The number of hydrogen-bond donors (Lipinski definition) is 1. The van der Waals surface area contributed by atoms with Gasteiger partial charge in [-0.25, -0.2) is 9.97 Å². The molecule has 1 amide bonds. The number of amides is 1. The maximum absolute atomic E-state index is 12.3. The highest BCUT2D eigenvalue weighted by atomic mass is 16.1. The van der Waals surface area contributed by atoms with Gasteiger partial charge in [-0.05, 0) is 30.0 Å². The second-order valence-electron chi connectivity index (χ2n) is 7.19. The zero-order valence-electron chi connectivity index (χ0n) is 15.3. The standard InChI is InChI=1S/C19H26N4O/c1-13-11-17(23(5)6)22-16(21-13)12-20-18(24)14-7-9-15(10-8-14)19(2,3)4/h7-11H,12H2,1-6H3,(H,20,24). The third-order valence-electron chi connectivity index (χ3n) is 3.77. The minimum Gasteiger partial charge on any atom is -0.363 e. The van der Waals surface area contributed by atoms with E-state index in [1.165, 1.54) is 5.56 Å². The Labute approximate surface area is 144 Å². The Morgan fingerprint density at radius 2 is 1.75 bits per heavy atom. The Morgan fingerprint density at radius 3 is 2.29 bits per heavy atom. The van der Waals surface area contributed by atoms with Crippen LogP contribution in [0.2, 0.25) is 0 Å². The maximum atomic E-state index is 12.3. The number of aryl methyl sites for hydroxylation is 1. The number of benzene rings is 1. The van der Waals surface area contributed by atoms with Gasteiger partial charge in [-0.3, -0.25) is 4.79 Å². The predicted octanol–water partition coefficient (Wildman–Crippen LogP) is 3.08. The molecule has 0 spiro atoms. The summed E-state index contributed by atoms with van der Waals surface area (Å²) in [6.45, 7) is 8.69. The highest BCUT2D eigenvalue weighted by Crippen LogP contribution is 2.22. The van der Waals surface area contributed by atoms with Crippen LogP contribution in [0.1, 0.15) is 48.2 Å². The minimum absolute atomic E-state index is 0.0764. The molecule has 0 aliphatic carbocycles. The molecule has 0 atom stereocenters. The van der Waals surface area contributed by atoms with Gasteiger partial charge in [0.05, 0.1) is 6.54 Å². The minimum atomic E-state index is -0.119. The van der Waals surface area contributed by atoms with Crippen LogP contribution in [0, 0.1) is 6.92 Å². The first-order chi connectivity index (χ1) is 11.2. The van der Waals surface area contributed by atoms with Gasteiger partial charge in [0.1, 0.15) is 11.6 Å². The molecule has 0 radical (unpaired) electrons. The molecule has 0 saturated carbocycles. The molecule has 0 fully saturated rings. The Hall–Kier alpha value is -2.43. The van der Waals surface area contributed by atoms with Crippen molar-refractivity contribution < 1.29 is 4.79 Å². The van der Waals surface area contributed by atoms with Gasteiger partial charge >= 0.3 is 0 Å². The molecule has 1 aromatic heterocycles. The quantitative estimate of drug-likeness (QED) is 0.938. The molecule has 24 heavy (non-hydrogen) atoms. The topological polar surface area (TPSA) is 58.1 Å². The van der Waals surface area contributed by atoms with Crippen LogP contribution < -0.4 is 10.2 Å². The molecule has 5 nitrogen and oxygen atoms in total. The number of rotatable bonds is 4. The van der Waals surface area contributed by atoms with Gasteiger partial charge < -0.3 is 10.2 Å². The van der Waals surface area contributed by atoms with E-state index in [1.807, 2.05) is 56.3 Å². The van der Waals surface area contributed by atoms with Crippen LogP contribution in [0.25, 0.3) is 0 Å². The summed E-state index contributed by atoms with van der Waals surface area (Å²) in [7, 11) is 3.86. The van der Waals surface area contributed by atoms with Gasteiger partial charge in [0, 0.05) is 31.4 Å². The summed E-state index contributed by atoms with van der Waals surface area (Å²) in [6.07, 6.45) is 0. The van der Waals surface area contributed by atoms with E-state index in [0.29, 0.717) is 17.9 Å². The third kappa shape index (κ3) is 4.54. The molecular weight excluding hydrogens is 300 g/mol. The summed E-state index contributed by atoms with van der Waals surface area (Å²) in [6, 6.07) is 9.64. The van der Waals surface area contributed by atoms with Crippen molar-refractivity contribution in [2.24, 2.45) is 0 Å². The predicted molar refractivity (Wildman–Crippen MR) is 97.4 cm³/mol. The van der Waals surface area contributed by atoms with Crippen LogP contribution in [-0.2, 0) is 12.0 Å². The van der Waals surface area contributed by atoms with Crippen molar-refractivity contribution in [2.75, 3.05) is 19.0 Å². The van der Waals surface area contributed by atoms with E-state index in [-0.39, 0.29) is 11.3 Å². The largest absolute Gasteiger partial charge is 0.363 e. The fourth-order valence-corrected chi connectivity index (χ4v) is 2.30. The highest BCUT2D eigenvalue weighted by molar-refractivity contribution is 5.94. The smallest absolute Gasteiger partial charge is 0.251 e. The Bertz CT molecular complexity index is 715. The first kappa shape index (κ1) is 17.9. The summed E-state index contributed by atoms with van der Waals surface area (Å²) in [4.78, 5) is 23.0. The molecule has 0 unspecified atom stereocenters. The number of carbonyl (C=O) groups is 1. The number of hydrogen-bond acceptors (Lipinski definition) is 4. The molecule has 128 valence electrons. The van der Waals surface area contributed by atoms with Gasteiger partial charge in [0.15, 0.2) is 0 Å². The van der Waals surface area contributed by atoms with Gasteiger partial charge in [0.2, 0.25) is 0 Å². The SMILES string of the molecule is Cc1cc(N(C)C)nc(CNC(=O)c2ccc(C(C)(C)C)cc2)n1. The number of aromatic nitrogens is 2. The van der Waals surface area contributed by atoms with Crippen LogP contribution >= 0.6 is 0 Å². The summed E-state index contributed by atoms with van der Waals surface area (Å²) < 4.78 is 0. The van der Waals surface area contributed by atoms with Crippen LogP contribution in [0.4, 0.5) is 5.82 Å². The number of nitrogens with one attached hydrogen (secondary N) is 1. The highest BCUT2D eigenvalue weighted by Gasteiger charge is 2.14. The van der Waals surface area contributed by atoms with Crippen molar-refractivity contribution in [3.05, 3.63) is 53.0 Å². The maximum Gasteiger partial charge on any atom is 0.251 e. The van der Waals surface area contributed by atoms with Gasteiger partial charge in [0.25, 0.3) is 5.91 Å². The molecule has 1 N–H and O–H groups in total. The van der Waals surface area contributed by atoms with E-state index in [0.717, 1.165) is 11.5 Å². The van der Waals surface area contributed by atoms with Crippen molar-refractivity contribution in [1.82, 2.24) is 15.3 Å². The van der Waals surface area contributed by atoms with Crippen LogP contribution in [0.3, 0.4) is 0 Å². The molecule has 1 aromatic carbocycles. The van der Waals surface area contributed by atoms with E-state index in [1.54, 1.807) is 0 Å². The monoisotopic (exact) mass is 326 g/mol. The third-order valence-corrected chi connectivity index (χ3v) is 3.77. The first-order valence-corrected chi connectivity index (χ1v) is 8.07. The van der Waals surface area contributed by atoms with E-state index in [9.17, 15) is 4.79 Å². The van der Waals surface area contributed by atoms with Crippen molar-refractivity contribution in [1.29, 1.82) is 0 Å². The van der Waals surface area contributed by atoms with Crippen LogP contribution in [0.15, 0.2) is 30.3 Å². The lowest BCUT2D eigenvalue weighted by Crippen LogP contribution is -2.25. The summed E-state index contributed by atoms with van der Waals surface area (Å²) >= 11 is 0. The molecule has 2 aromatic rings. The molecule has 0 saturated heterocycles. The van der Waals surface area contributed by atoms with Gasteiger partial charge in [-0.1, -0.05) is 32.9 Å². The average Bonchev–Trinajstić information content (AvgIpc) is 2.51. The lowest BCUT2D eigenvalue weighted by atomic mass is 9.87. The molecule has 1 heterocycles. The molecule has 0 bridgehead atoms. The van der Waals surface area contributed by atoms with Crippen molar-refractivity contribution >= 4 is 11.7 Å². The van der Waals surface area contributed by atoms with E-state index in [2.05, 4.69) is 36.1 Å². The van der Waals surface area contributed by atoms with Gasteiger partial charge in [-0.15, -0.1) is 0 Å². The van der Waals surface area contributed by atoms with E-state index < -0.39 is 0 Å². The number of nitrogens with zero attached hydrogens (tertiary/aromatic N) is 3. The average molecular weight is 326 g/mol. The van der Waals surface area contributed by atoms with Crippen molar-refractivity contribution in [2.45, 2.75) is 39.7 Å². The fraction of sp³-hybridized carbons (Fsp3) is 0.421. The number of anilines is 1. The first-order valence-electron chi connectivity index (χ1n) is 8.07. The van der Waals surface area contributed by atoms with Gasteiger partial charge in [-0.2, -0.15) is 0 Å². The number of carbonyl (C=O) groups excluding carboxylic acids is 1. The molecule has 5 heteroatoms. The second-order valence-corrected chi connectivity index (χ2v) is 7.19. The molecule has 0 aliphatic rings. The lowest BCUT2D eigenvalue weighted by Gasteiger charge is -2.19. The Morgan fingerprint density at radius 1 is 1.12 bits per heavy atom. The lowest BCUT2D eigenvalue weighted by molar-refractivity contribution is 0.0950.